The maximum Gasteiger partial charge on any atom is 0.279 e. The molecule has 2 unspecified atom stereocenters. The molecule has 1 saturated heterocycles. The van der Waals surface area contributed by atoms with Crippen molar-refractivity contribution < 1.29 is 8.42 Å². The fraction of sp³-hybridized carbons (Fsp3) is 1.00. The number of nitrogens with zero attached hydrogens (tertiary/aromatic N) is 1. The monoisotopic (exact) mass is 263 g/mol. The van der Waals surface area contributed by atoms with E-state index in [1.165, 1.54) is 0 Å². The van der Waals surface area contributed by atoms with Crippen LogP contribution in [0.25, 0.3) is 0 Å². The summed E-state index contributed by atoms with van der Waals surface area (Å²) >= 11 is 0. The van der Waals surface area contributed by atoms with Crippen LogP contribution in [0.15, 0.2) is 0 Å². The molecule has 0 aliphatic carbocycles. The van der Waals surface area contributed by atoms with E-state index in [0.717, 1.165) is 12.8 Å². The van der Waals surface area contributed by atoms with Gasteiger partial charge in [-0.25, -0.2) is 0 Å². The van der Waals surface area contributed by atoms with Crippen LogP contribution in [0.5, 0.6) is 0 Å². The van der Waals surface area contributed by atoms with Crippen LogP contribution in [0, 0.1) is 5.92 Å². The van der Waals surface area contributed by atoms with Crippen molar-refractivity contribution in [3.63, 3.8) is 0 Å². The molecule has 1 aliphatic heterocycles. The molecule has 0 aromatic carbocycles. The van der Waals surface area contributed by atoms with Gasteiger partial charge in [0.25, 0.3) is 10.2 Å². The van der Waals surface area contributed by atoms with E-state index in [4.69, 9.17) is 0 Å². The van der Waals surface area contributed by atoms with E-state index in [2.05, 4.69) is 17.0 Å². The molecule has 6 heteroatoms. The zero-order valence-corrected chi connectivity index (χ0v) is 12.0. The smallest absolute Gasteiger partial charge is 0.279 e. The predicted molar refractivity (Wildman–Crippen MR) is 70.0 cm³/mol. The Morgan fingerprint density at radius 2 is 1.94 bits per heavy atom. The van der Waals surface area contributed by atoms with Gasteiger partial charge in [-0.15, -0.1) is 0 Å². The Labute approximate surface area is 105 Å². The standard InChI is InChI=1S/C11H25N3O2S/c1-9(2)13-17(15,16)14-7-5-6-11(8-14)10(3)12-4/h9-13H,5-8H2,1-4H3. The van der Waals surface area contributed by atoms with E-state index in [0.29, 0.717) is 25.0 Å². The van der Waals surface area contributed by atoms with Gasteiger partial charge < -0.3 is 5.32 Å². The lowest BCUT2D eigenvalue weighted by molar-refractivity contribution is 0.226. The first-order chi connectivity index (χ1) is 7.86. The second kappa shape index (κ2) is 6.13. The molecular formula is C11H25N3O2S. The Hall–Kier alpha value is -0.170. The molecule has 1 heterocycles. The third kappa shape index (κ3) is 4.21. The van der Waals surface area contributed by atoms with Crippen molar-refractivity contribution >= 4 is 10.2 Å². The molecule has 2 atom stereocenters. The van der Waals surface area contributed by atoms with Gasteiger partial charge in [-0.2, -0.15) is 17.4 Å². The molecule has 2 N–H and O–H groups in total. The molecule has 0 saturated carbocycles. The summed E-state index contributed by atoms with van der Waals surface area (Å²) in [7, 11) is -1.38. The van der Waals surface area contributed by atoms with Crippen LogP contribution >= 0.6 is 0 Å². The maximum atomic E-state index is 12.0. The molecular weight excluding hydrogens is 238 g/mol. The van der Waals surface area contributed by atoms with Gasteiger partial charge in [0.05, 0.1) is 0 Å². The predicted octanol–water partition coefficient (Wildman–Crippen LogP) is 0.549. The Bertz CT molecular complexity index is 330. The molecule has 0 aromatic heterocycles. The molecule has 17 heavy (non-hydrogen) atoms. The summed E-state index contributed by atoms with van der Waals surface area (Å²) in [6.45, 7) is 7.04. The lowest BCUT2D eigenvalue weighted by Gasteiger charge is -2.35. The topological polar surface area (TPSA) is 61.4 Å². The maximum absolute atomic E-state index is 12.0. The number of hydrogen-bond donors (Lipinski definition) is 2. The van der Waals surface area contributed by atoms with Crippen LogP contribution in [0.4, 0.5) is 0 Å². The molecule has 1 rings (SSSR count). The number of rotatable bonds is 5. The van der Waals surface area contributed by atoms with Crippen molar-refractivity contribution in [2.24, 2.45) is 5.92 Å². The van der Waals surface area contributed by atoms with Crippen molar-refractivity contribution in [3.8, 4) is 0 Å². The summed E-state index contributed by atoms with van der Waals surface area (Å²) in [5, 5.41) is 3.21. The van der Waals surface area contributed by atoms with Crippen molar-refractivity contribution in [1.82, 2.24) is 14.3 Å². The minimum atomic E-state index is -3.30. The molecule has 1 fully saturated rings. The van der Waals surface area contributed by atoms with Crippen molar-refractivity contribution in [2.75, 3.05) is 20.1 Å². The first-order valence-corrected chi connectivity index (χ1v) is 7.75. The van der Waals surface area contributed by atoms with Gasteiger partial charge in [-0.1, -0.05) is 0 Å². The van der Waals surface area contributed by atoms with Crippen molar-refractivity contribution in [3.05, 3.63) is 0 Å². The fourth-order valence-corrected chi connectivity index (χ4v) is 3.71. The van der Waals surface area contributed by atoms with E-state index in [1.807, 2.05) is 20.9 Å². The van der Waals surface area contributed by atoms with Crippen LogP contribution in [0.1, 0.15) is 33.6 Å². The van der Waals surface area contributed by atoms with E-state index >= 15 is 0 Å². The zero-order valence-electron chi connectivity index (χ0n) is 11.2. The van der Waals surface area contributed by atoms with Gasteiger partial charge >= 0.3 is 0 Å². The fourth-order valence-electron chi connectivity index (χ4n) is 2.21. The van der Waals surface area contributed by atoms with E-state index < -0.39 is 10.2 Å². The SMILES string of the molecule is CNC(C)C1CCCN(S(=O)(=O)NC(C)C)C1. The molecule has 1 aliphatic rings. The molecule has 5 nitrogen and oxygen atoms in total. The molecule has 0 amide bonds. The van der Waals surface area contributed by atoms with Crippen LogP contribution in [0.2, 0.25) is 0 Å². The van der Waals surface area contributed by atoms with Gasteiger partial charge in [0, 0.05) is 25.2 Å². The Morgan fingerprint density at radius 3 is 2.47 bits per heavy atom. The second-order valence-corrected chi connectivity index (χ2v) is 6.82. The highest BCUT2D eigenvalue weighted by Crippen LogP contribution is 2.21. The largest absolute Gasteiger partial charge is 0.317 e. The Balaban J connectivity index is 2.66. The Morgan fingerprint density at radius 1 is 1.29 bits per heavy atom. The lowest BCUT2D eigenvalue weighted by atomic mass is 9.93. The molecule has 0 spiro atoms. The third-order valence-corrected chi connectivity index (χ3v) is 5.09. The molecule has 102 valence electrons. The Kier molecular flexibility index (Phi) is 5.37. The average Bonchev–Trinajstić information content (AvgIpc) is 2.26. The van der Waals surface area contributed by atoms with E-state index in [1.54, 1.807) is 4.31 Å². The van der Waals surface area contributed by atoms with E-state index in [-0.39, 0.29) is 6.04 Å². The van der Waals surface area contributed by atoms with Crippen LogP contribution < -0.4 is 10.0 Å². The first-order valence-electron chi connectivity index (χ1n) is 6.31. The number of piperidine rings is 1. The normalized spacial score (nSPS) is 25.1. The highest BCUT2D eigenvalue weighted by atomic mass is 32.2. The highest BCUT2D eigenvalue weighted by Gasteiger charge is 2.31. The van der Waals surface area contributed by atoms with Gasteiger partial charge in [-0.05, 0) is 46.6 Å². The minimum Gasteiger partial charge on any atom is -0.317 e. The van der Waals surface area contributed by atoms with Crippen LogP contribution in [-0.4, -0.2) is 44.9 Å². The first kappa shape index (κ1) is 14.9. The van der Waals surface area contributed by atoms with Gasteiger partial charge in [-0.3, -0.25) is 0 Å². The van der Waals surface area contributed by atoms with Crippen molar-refractivity contribution in [1.29, 1.82) is 0 Å². The van der Waals surface area contributed by atoms with Gasteiger partial charge in [0.1, 0.15) is 0 Å². The zero-order chi connectivity index (χ0) is 13.1. The van der Waals surface area contributed by atoms with Gasteiger partial charge in [0.2, 0.25) is 0 Å². The lowest BCUT2D eigenvalue weighted by Crippen LogP contribution is -2.50. The molecule has 0 bridgehead atoms. The van der Waals surface area contributed by atoms with Gasteiger partial charge in [0.15, 0.2) is 0 Å². The van der Waals surface area contributed by atoms with E-state index in [9.17, 15) is 8.42 Å². The highest BCUT2D eigenvalue weighted by molar-refractivity contribution is 7.87. The summed E-state index contributed by atoms with van der Waals surface area (Å²) < 4.78 is 28.3. The minimum absolute atomic E-state index is 0.0536. The summed E-state index contributed by atoms with van der Waals surface area (Å²) in [5.74, 6) is 0.400. The summed E-state index contributed by atoms with van der Waals surface area (Å²) in [6.07, 6.45) is 2.03. The quantitative estimate of drug-likeness (QED) is 0.761. The number of nitrogens with one attached hydrogen (secondary N) is 2. The molecule has 0 aromatic rings. The van der Waals surface area contributed by atoms with Crippen molar-refractivity contribution in [2.45, 2.75) is 45.7 Å². The average molecular weight is 263 g/mol. The summed E-state index contributed by atoms with van der Waals surface area (Å²) in [6, 6.07) is 0.300. The van der Waals surface area contributed by atoms with Crippen LogP contribution in [0.3, 0.4) is 0 Å². The number of hydrogen-bond acceptors (Lipinski definition) is 3. The third-order valence-electron chi connectivity index (χ3n) is 3.31. The molecule has 0 radical (unpaired) electrons. The summed E-state index contributed by atoms with van der Waals surface area (Å²) in [5.41, 5.74) is 0. The van der Waals surface area contributed by atoms with Crippen LogP contribution in [-0.2, 0) is 10.2 Å². The summed E-state index contributed by atoms with van der Waals surface area (Å²) in [4.78, 5) is 0. The second-order valence-electron chi connectivity index (χ2n) is 5.12.